The molecular formula is C69H114O6. The van der Waals surface area contributed by atoms with E-state index in [0.717, 1.165) is 103 Å². The van der Waals surface area contributed by atoms with Crippen molar-refractivity contribution in [2.75, 3.05) is 13.2 Å². The van der Waals surface area contributed by atoms with Crippen LogP contribution in [0.2, 0.25) is 0 Å². The normalized spacial score (nSPS) is 12.9. The molecule has 0 radical (unpaired) electrons. The Hall–Kier alpha value is -4.19. The molecular weight excluding hydrogens is 925 g/mol. The van der Waals surface area contributed by atoms with Crippen LogP contribution in [0.15, 0.2) is 122 Å². The monoisotopic (exact) mass is 1040 g/mol. The molecule has 0 bridgehead atoms. The fourth-order valence-corrected chi connectivity index (χ4v) is 8.43. The van der Waals surface area contributed by atoms with Gasteiger partial charge in [0.15, 0.2) is 6.10 Å². The van der Waals surface area contributed by atoms with Crippen molar-refractivity contribution in [1.29, 1.82) is 0 Å². The van der Waals surface area contributed by atoms with Gasteiger partial charge in [-0.2, -0.15) is 0 Å². The highest BCUT2D eigenvalue weighted by Crippen LogP contribution is 2.16. The zero-order valence-corrected chi connectivity index (χ0v) is 48.8. The Balaban J connectivity index is 4.23. The number of esters is 3. The number of unbranched alkanes of at least 4 members (excludes halogenated alkanes) is 25. The highest BCUT2D eigenvalue weighted by atomic mass is 16.6. The average Bonchev–Trinajstić information content (AvgIpc) is 3.41. The van der Waals surface area contributed by atoms with Crippen LogP contribution in [0.1, 0.15) is 278 Å². The Bertz CT molecular complexity index is 1570. The molecule has 0 saturated heterocycles. The molecule has 75 heavy (non-hydrogen) atoms. The third kappa shape index (κ3) is 60.6. The molecule has 0 aromatic heterocycles. The smallest absolute Gasteiger partial charge is 0.310 e. The molecule has 0 aliphatic rings. The van der Waals surface area contributed by atoms with Crippen molar-refractivity contribution in [3.8, 4) is 0 Å². The molecule has 0 aromatic carbocycles. The van der Waals surface area contributed by atoms with Gasteiger partial charge in [-0.15, -0.1) is 0 Å². The zero-order valence-electron chi connectivity index (χ0n) is 48.8. The van der Waals surface area contributed by atoms with E-state index in [-0.39, 0.29) is 31.6 Å². The Morgan fingerprint density at radius 2 is 0.560 bits per heavy atom. The predicted octanol–water partition coefficient (Wildman–Crippen LogP) is 21.2. The molecule has 0 amide bonds. The van der Waals surface area contributed by atoms with Crippen molar-refractivity contribution in [2.24, 2.45) is 0 Å². The minimum Gasteiger partial charge on any atom is -0.462 e. The van der Waals surface area contributed by atoms with E-state index in [1.165, 1.54) is 135 Å². The number of carbonyl (C=O) groups excluding carboxylic acids is 3. The highest BCUT2D eigenvalue weighted by Gasteiger charge is 2.19. The summed E-state index contributed by atoms with van der Waals surface area (Å²) in [5.41, 5.74) is 0. The van der Waals surface area contributed by atoms with Crippen molar-refractivity contribution in [1.82, 2.24) is 0 Å². The molecule has 0 spiro atoms. The molecule has 6 heteroatoms. The lowest BCUT2D eigenvalue weighted by Gasteiger charge is -2.18. The van der Waals surface area contributed by atoms with Gasteiger partial charge < -0.3 is 14.2 Å². The Morgan fingerprint density at radius 3 is 0.880 bits per heavy atom. The number of ether oxygens (including phenoxy) is 3. The van der Waals surface area contributed by atoms with E-state index in [0.29, 0.717) is 12.8 Å². The molecule has 6 nitrogen and oxygen atoms in total. The first kappa shape index (κ1) is 70.8. The molecule has 0 heterocycles. The molecule has 0 fully saturated rings. The standard InChI is InChI=1S/C69H114O6/c1-4-7-10-13-16-19-22-24-26-27-28-29-30-31-32-33-34-35-36-37-38-39-40-41-43-44-47-50-53-56-59-62-68(71)74-65-66(64-73-67(70)61-58-55-52-49-46-21-18-15-12-9-6-3)75-69(72)63-60-57-54-51-48-45-42-25-23-20-17-14-11-8-5-2/h7-8,10-11,16-17,19-20,24-26,28-29,31-32,42,48,51,57,60,66H,4-6,9,12-15,18,21-23,27,30,33-41,43-47,49-50,52-56,58-59,61-65H2,1-3H3/b10-7-,11-8-,19-16-,20-17-,26-24-,29-28-,32-31-,42-25-,51-48-,60-57-. The van der Waals surface area contributed by atoms with E-state index in [1.54, 1.807) is 6.08 Å². The Labute approximate surface area is 462 Å². The van der Waals surface area contributed by atoms with E-state index in [4.69, 9.17) is 14.2 Å². The van der Waals surface area contributed by atoms with Crippen LogP contribution >= 0.6 is 0 Å². The second kappa shape index (κ2) is 62.4. The minimum absolute atomic E-state index is 0.0962. The van der Waals surface area contributed by atoms with Crippen LogP contribution in [0.5, 0.6) is 0 Å². The maximum absolute atomic E-state index is 12.8. The largest absolute Gasteiger partial charge is 0.462 e. The summed E-state index contributed by atoms with van der Waals surface area (Å²) in [6.07, 6.45) is 86.7. The van der Waals surface area contributed by atoms with Gasteiger partial charge in [0.05, 0.1) is 6.42 Å². The molecule has 426 valence electrons. The van der Waals surface area contributed by atoms with Crippen LogP contribution in [-0.4, -0.2) is 37.2 Å². The van der Waals surface area contributed by atoms with Gasteiger partial charge in [0.25, 0.3) is 0 Å². The number of rotatable bonds is 55. The maximum Gasteiger partial charge on any atom is 0.310 e. The van der Waals surface area contributed by atoms with E-state index in [1.807, 2.05) is 6.08 Å². The number of hydrogen-bond donors (Lipinski definition) is 0. The van der Waals surface area contributed by atoms with Crippen LogP contribution in [0.3, 0.4) is 0 Å². The SMILES string of the molecule is CC/C=C\C/C=C\C/C=C\C/C=C\C/C=C\CCCCCCCCCCCCCCCCCC(=O)OCC(COC(=O)CCCCCCCCCCCCC)OC(=O)C/C=C\C/C=C\C/C=C\C/C=C\C/C=C\CC. The summed E-state index contributed by atoms with van der Waals surface area (Å²) in [5.74, 6) is -1.04. The van der Waals surface area contributed by atoms with Crippen LogP contribution in [0, 0.1) is 0 Å². The van der Waals surface area contributed by atoms with E-state index in [2.05, 4.69) is 130 Å². The summed E-state index contributed by atoms with van der Waals surface area (Å²) in [6, 6.07) is 0. The van der Waals surface area contributed by atoms with Crippen molar-refractivity contribution < 1.29 is 28.6 Å². The van der Waals surface area contributed by atoms with Crippen LogP contribution < -0.4 is 0 Å². The topological polar surface area (TPSA) is 78.9 Å². The highest BCUT2D eigenvalue weighted by molar-refractivity contribution is 5.72. The lowest BCUT2D eigenvalue weighted by atomic mass is 10.0. The fourth-order valence-electron chi connectivity index (χ4n) is 8.43. The van der Waals surface area contributed by atoms with E-state index < -0.39 is 12.1 Å². The Kier molecular flexibility index (Phi) is 58.9. The van der Waals surface area contributed by atoms with Crippen LogP contribution in [0.4, 0.5) is 0 Å². The van der Waals surface area contributed by atoms with Gasteiger partial charge in [-0.3, -0.25) is 14.4 Å². The summed E-state index contributed by atoms with van der Waals surface area (Å²) >= 11 is 0. The molecule has 1 unspecified atom stereocenters. The quantitative estimate of drug-likeness (QED) is 0.0261. The second-order valence-corrected chi connectivity index (χ2v) is 20.2. The molecule has 0 aromatic rings. The summed E-state index contributed by atoms with van der Waals surface area (Å²) < 4.78 is 16.8. The lowest BCUT2D eigenvalue weighted by Crippen LogP contribution is -2.30. The minimum atomic E-state index is -0.832. The van der Waals surface area contributed by atoms with Crippen molar-refractivity contribution >= 4 is 17.9 Å². The van der Waals surface area contributed by atoms with Gasteiger partial charge >= 0.3 is 17.9 Å². The second-order valence-electron chi connectivity index (χ2n) is 20.2. The van der Waals surface area contributed by atoms with Crippen LogP contribution in [-0.2, 0) is 28.6 Å². The van der Waals surface area contributed by atoms with Gasteiger partial charge in [0.1, 0.15) is 13.2 Å². The maximum atomic E-state index is 12.8. The molecule has 0 aliphatic heterocycles. The van der Waals surface area contributed by atoms with Gasteiger partial charge in [0.2, 0.25) is 0 Å². The number of hydrogen-bond acceptors (Lipinski definition) is 6. The van der Waals surface area contributed by atoms with Crippen LogP contribution in [0.25, 0.3) is 0 Å². The summed E-state index contributed by atoms with van der Waals surface area (Å²) in [4.78, 5) is 38.1. The van der Waals surface area contributed by atoms with E-state index in [9.17, 15) is 14.4 Å². The van der Waals surface area contributed by atoms with Crippen molar-refractivity contribution in [3.05, 3.63) is 122 Å². The van der Waals surface area contributed by atoms with Crippen molar-refractivity contribution in [3.63, 3.8) is 0 Å². The summed E-state index contributed by atoms with van der Waals surface area (Å²) in [7, 11) is 0. The predicted molar refractivity (Wildman–Crippen MR) is 325 cm³/mol. The fraction of sp³-hybridized carbons (Fsp3) is 0.667. The lowest BCUT2D eigenvalue weighted by molar-refractivity contribution is -0.166. The average molecular weight is 1040 g/mol. The molecule has 1 atom stereocenters. The molecule has 0 saturated carbocycles. The summed E-state index contributed by atoms with van der Waals surface area (Å²) in [5, 5.41) is 0. The molecule has 0 aliphatic carbocycles. The molecule has 0 rings (SSSR count). The number of carbonyl (C=O) groups is 3. The number of allylic oxidation sites excluding steroid dienone is 19. The molecule has 0 N–H and O–H groups in total. The Morgan fingerprint density at radius 1 is 0.293 bits per heavy atom. The third-order valence-corrected chi connectivity index (χ3v) is 13.0. The summed E-state index contributed by atoms with van der Waals surface area (Å²) in [6.45, 7) is 6.33. The third-order valence-electron chi connectivity index (χ3n) is 13.0. The van der Waals surface area contributed by atoms with Crippen molar-refractivity contribution in [2.45, 2.75) is 284 Å². The van der Waals surface area contributed by atoms with Gasteiger partial charge in [0, 0.05) is 12.8 Å². The van der Waals surface area contributed by atoms with E-state index >= 15 is 0 Å². The zero-order chi connectivity index (χ0) is 54.3. The van der Waals surface area contributed by atoms with Gasteiger partial charge in [-0.25, -0.2) is 0 Å². The first-order chi connectivity index (χ1) is 37.0. The first-order valence-corrected chi connectivity index (χ1v) is 31.0. The van der Waals surface area contributed by atoms with Gasteiger partial charge in [-0.1, -0.05) is 290 Å². The van der Waals surface area contributed by atoms with Gasteiger partial charge in [-0.05, 0) is 89.9 Å². The first-order valence-electron chi connectivity index (χ1n) is 31.0.